The molecule has 0 spiro atoms. The standard InChI is InChI=1S/C37H64N12O13S2/c1-17(2)9-21(32(57)43-19(5)30(55)41-11-25(51)40-14-28(54)49-37(7,8)36(62)47-23(16-64)35(60)61)45-27(53)13-42-34(59)29(18(3)4)48-31(56)20(6)44-33(58)22(15-63)46-26(52)12-39-24(50)10-38/h17-23,29,63-64H,9-16,38H2,1-8H3,(H,39,50)(H,40,51)(H,41,55)(H,42,59)(H,43,57)(H,44,58)(H,45,53)(H,46,52)(H,47,62)(H,48,56)(H,49,54)(H,60,61)/t19-,20-,21-,22-,23-,29-/m0/s1. The summed E-state index contributed by atoms with van der Waals surface area (Å²) < 4.78 is 0. The van der Waals surface area contributed by atoms with Gasteiger partial charge in [-0.1, -0.05) is 27.7 Å². The van der Waals surface area contributed by atoms with E-state index in [1.54, 1.807) is 27.7 Å². The first-order chi connectivity index (χ1) is 29.7. The van der Waals surface area contributed by atoms with Crippen LogP contribution in [0.1, 0.15) is 61.8 Å². The van der Waals surface area contributed by atoms with Crippen LogP contribution in [0.4, 0.5) is 0 Å². The Morgan fingerprint density at radius 3 is 1.47 bits per heavy atom. The summed E-state index contributed by atoms with van der Waals surface area (Å²) in [5.74, 6) is -10.6. The van der Waals surface area contributed by atoms with E-state index in [4.69, 9.17) is 10.8 Å². The molecule has 0 saturated heterocycles. The normalized spacial score (nSPS) is 13.8. The number of carboxylic acids is 1. The number of rotatable bonds is 28. The monoisotopic (exact) mass is 948 g/mol. The molecule has 0 saturated carbocycles. The van der Waals surface area contributed by atoms with Gasteiger partial charge in [-0.2, -0.15) is 25.3 Å². The molecule has 0 heterocycles. The molecule has 0 rings (SSSR count). The van der Waals surface area contributed by atoms with Gasteiger partial charge in [-0.25, -0.2) is 4.79 Å². The lowest BCUT2D eigenvalue weighted by Crippen LogP contribution is -2.59. The second-order valence-electron chi connectivity index (χ2n) is 15.7. The number of hydrogen-bond donors (Lipinski definition) is 15. The number of carboxylic acid groups (broad SMARTS) is 1. The van der Waals surface area contributed by atoms with E-state index in [0.717, 1.165) is 0 Å². The Morgan fingerprint density at radius 2 is 0.969 bits per heavy atom. The van der Waals surface area contributed by atoms with Crippen molar-refractivity contribution in [1.82, 2.24) is 58.5 Å². The van der Waals surface area contributed by atoms with Crippen molar-refractivity contribution in [3.63, 3.8) is 0 Å². The largest absolute Gasteiger partial charge is 0.480 e. The molecule has 0 fully saturated rings. The first-order valence-electron chi connectivity index (χ1n) is 20.0. The number of thiol groups is 2. The van der Waals surface area contributed by atoms with E-state index in [1.165, 1.54) is 27.7 Å². The topological polar surface area (TPSA) is 383 Å². The van der Waals surface area contributed by atoms with Crippen molar-refractivity contribution in [3.8, 4) is 0 Å². The molecule has 0 bridgehead atoms. The van der Waals surface area contributed by atoms with Crippen LogP contribution in [0.3, 0.4) is 0 Å². The van der Waals surface area contributed by atoms with E-state index < -0.39 is 145 Å². The van der Waals surface area contributed by atoms with Crippen LogP contribution in [0.15, 0.2) is 0 Å². The lowest BCUT2D eigenvalue weighted by molar-refractivity contribution is -0.142. The highest BCUT2D eigenvalue weighted by molar-refractivity contribution is 7.80. The van der Waals surface area contributed by atoms with Gasteiger partial charge < -0.3 is 69.3 Å². The summed E-state index contributed by atoms with van der Waals surface area (Å²) in [5, 5.41) is 35.2. The fourth-order valence-corrected chi connectivity index (χ4v) is 5.53. The van der Waals surface area contributed by atoms with E-state index >= 15 is 0 Å². The third-order valence-electron chi connectivity index (χ3n) is 8.67. The van der Waals surface area contributed by atoms with Crippen molar-refractivity contribution in [2.24, 2.45) is 17.6 Å². The highest BCUT2D eigenvalue weighted by Crippen LogP contribution is 2.07. The molecular formula is C37H64N12O13S2. The minimum atomic E-state index is -1.56. The fourth-order valence-electron chi connectivity index (χ4n) is 5.02. The van der Waals surface area contributed by atoms with E-state index in [1.807, 2.05) is 0 Å². The van der Waals surface area contributed by atoms with Gasteiger partial charge in [0.2, 0.25) is 65.0 Å². The smallest absolute Gasteiger partial charge is 0.327 e. The van der Waals surface area contributed by atoms with Crippen LogP contribution in [-0.2, 0) is 57.5 Å². The molecule has 11 amide bonds. The van der Waals surface area contributed by atoms with Crippen molar-refractivity contribution in [1.29, 1.82) is 0 Å². The molecule has 0 unspecified atom stereocenters. The van der Waals surface area contributed by atoms with Gasteiger partial charge in [-0.3, -0.25) is 52.7 Å². The van der Waals surface area contributed by atoms with Gasteiger partial charge >= 0.3 is 5.97 Å². The van der Waals surface area contributed by atoms with Crippen LogP contribution in [0.5, 0.6) is 0 Å². The first-order valence-corrected chi connectivity index (χ1v) is 21.3. The van der Waals surface area contributed by atoms with Gasteiger partial charge in [-0.15, -0.1) is 0 Å². The van der Waals surface area contributed by atoms with Crippen LogP contribution in [0.25, 0.3) is 0 Å². The second kappa shape index (κ2) is 28.9. The molecule has 0 aliphatic carbocycles. The number of nitrogens with two attached hydrogens (primary N) is 1. The maximum Gasteiger partial charge on any atom is 0.327 e. The minimum absolute atomic E-state index is 0.120. The SMILES string of the molecule is CC(C)C[C@H](NC(=O)CNC(=O)[C@@H](NC(=O)[C@H](C)NC(=O)[C@H](CS)NC(=O)CNC(=O)CN)C(C)C)C(=O)N[C@@H](C)C(=O)NCC(=O)NCC(=O)NC(C)(C)C(=O)N[C@@H](CS)C(=O)O. The van der Waals surface area contributed by atoms with Gasteiger partial charge in [-0.05, 0) is 46.0 Å². The summed E-state index contributed by atoms with van der Waals surface area (Å²) in [6.07, 6.45) is 0.120. The molecule has 6 atom stereocenters. The van der Waals surface area contributed by atoms with Gasteiger partial charge in [0.15, 0.2) is 0 Å². The molecule has 0 aromatic heterocycles. The van der Waals surface area contributed by atoms with Crippen LogP contribution in [0, 0.1) is 11.8 Å². The maximum absolute atomic E-state index is 13.2. The summed E-state index contributed by atoms with van der Waals surface area (Å²) in [7, 11) is 0. The van der Waals surface area contributed by atoms with E-state index in [9.17, 15) is 57.5 Å². The number of hydrogen-bond acceptors (Lipinski definition) is 15. The number of nitrogens with one attached hydrogen (secondary N) is 11. The van der Waals surface area contributed by atoms with Crippen molar-refractivity contribution >= 4 is 96.2 Å². The molecule has 14 N–H and O–H groups in total. The summed E-state index contributed by atoms with van der Waals surface area (Å²) >= 11 is 7.91. The molecular weight excluding hydrogens is 885 g/mol. The lowest BCUT2D eigenvalue weighted by Gasteiger charge is -2.26. The van der Waals surface area contributed by atoms with Crippen LogP contribution in [-0.4, -0.2) is 162 Å². The summed E-state index contributed by atoms with van der Waals surface area (Å²) in [6, 6.07) is -7.22. The van der Waals surface area contributed by atoms with Crippen molar-refractivity contribution in [2.75, 3.05) is 44.2 Å². The number of aliphatic carboxylic acids is 1. The molecule has 27 heteroatoms. The van der Waals surface area contributed by atoms with Gasteiger partial charge in [0, 0.05) is 11.5 Å². The van der Waals surface area contributed by atoms with E-state index in [2.05, 4.69) is 83.7 Å². The van der Waals surface area contributed by atoms with E-state index in [-0.39, 0.29) is 30.4 Å². The Balaban J connectivity index is 5.18. The maximum atomic E-state index is 13.2. The summed E-state index contributed by atoms with van der Waals surface area (Å²) in [4.78, 5) is 149. The third-order valence-corrected chi connectivity index (χ3v) is 9.40. The first kappa shape index (κ1) is 58.3. The highest BCUT2D eigenvalue weighted by Gasteiger charge is 2.33. The predicted octanol–water partition coefficient (Wildman–Crippen LogP) is -6.10. The zero-order chi connectivity index (χ0) is 49.5. The Kier molecular flexibility index (Phi) is 26.3. The average molecular weight is 949 g/mol. The Morgan fingerprint density at radius 1 is 0.516 bits per heavy atom. The molecule has 362 valence electrons. The molecule has 0 aromatic carbocycles. The molecule has 64 heavy (non-hydrogen) atoms. The Labute approximate surface area is 381 Å². The zero-order valence-corrected chi connectivity index (χ0v) is 38.9. The number of carbonyl (C=O) groups excluding carboxylic acids is 11. The van der Waals surface area contributed by atoms with Gasteiger partial charge in [0.05, 0.1) is 32.7 Å². The predicted molar refractivity (Wildman–Crippen MR) is 236 cm³/mol. The average Bonchev–Trinajstić information content (AvgIpc) is 3.21. The number of carbonyl (C=O) groups is 12. The van der Waals surface area contributed by atoms with E-state index in [0.29, 0.717) is 0 Å². The molecule has 25 nitrogen and oxygen atoms in total. The van der Waals surface area contributed by atoms with Crippen LogP contribution < -0.4 is 64.2 Å². The zero-order valence-electron chi connectivity index (χ0n) is 37.1. The summed E-state index contributed by atoms with van der Waals surface area (Å²) in [6.45, 7) is 9.47. The van der Waals surface area contributed by atoms with Crippen molar-refractivity contribution in [2.45, 2.75) is 104 Å². The Hall–Kier alpha value is -5.70. The van der Waals surface area contributed by atoms with Crippen LogP contribution >= 0.6 is 25.3 Å². The Bertz CT molecular complexity index is 1720. The molecule has 0 aromatic rings. The summed E-state index contributed by atoms with van der Waals surface area (Å²) in [5.41, 5.74) is 3.62. The highest BCUT2D eigenvalue weighted by atomic mass is 32.1. The fraction of sp³-hybridized carbons (Fsp3) is 0.676. The van der Waals surface area contributed by atoms with Crippen molar-refractivity contribution < 1.29 is 62.6 Å². The van der Waals surface area contributed by atoms with Crippen molar-refractivity contribution in [3.05, 3.63) is 0 Å². The molecule has 0 aliphatic heterocycles. The van der Waals surface area contributed by atoms with Gasteiger partial charge in [0.1, 0.15) is 41.8 Å². The second-order valence-corrected chi connectivity index (χ2v) is 16.4. The third kappa shape index (κ3) is 22.6. The molecule has 0 radical (unpaired) electrons. The molecule has 0 aliphatic rings. The number of amides is 11. The van der Waals surface area contributed by atoms with Gasteiger partial charge in [0.25, 0.3) is 0 Å². The minimum Gasteiger partial charge on any atom is -0.480 e. The van der Waals surface area contributed by atoms with Crippen LogP contribution in [0.2, 0.25) is 0 Å². The lowest BCUT2D eigenvalue weighted by atomic mass is 10.0. The quantitative estimate of drug-likeness (QED) is 0.0325.